The van der Waals surface area contributed by atoms with Crippen LogP contribution in [0.15, 0.2) is 42.5 Å². The van der Waals surface area contributed by atoms with Crippen LogP contribution >= 0.6 is 0 Å². The highest BCUT2D eigenvalue weighted by atomic mass is 19.1. The smallest absolute Gasteiger partial charge is 0.304 e. The molecular weight excluding hydrogens is 357 g/mol. The molecule has 2 heterocycles. The maximum Gasteiger partial charge on any atom is 0.304 e. The summed E-state index contributed by atoms with van der Waals surface area (Å²) in [5.74, 6) is -0.0646. The number of nitrogens with zero attached hydrogens (tertiary/aromatic N) is 1. The number of carboxylic acid groups (broad SMARTS) is 1. The van der Waals surface area contributed by atoms with Crippen LogP contribution < -0.4 is 4.74 Å². The van der Waals surface area contributed by atoms with Crippen LogP contribution in [-0.4, -0.2) is 42.2 Å². The lowest BCUT2D eigenvalue weighted by atomic mass is 9.74. The number of fused-ring (bicyclic) bond motifs is 2. The Morgan fingerprint density at radius 2 is 1.96 bits per heavy atom. The first-order chi connectivity index (χ1) is 13.6. The Morgan fingerprint density at radius 1 is 1.18 bits per heavy atom. The number of halogens is 1. The molecule has 28 heavy (non-hydrogen) atoms. The Balaban J connectivity index is 1.46. The first-order valence-electron chi connectivity index (χ1n) is 9.70. The average Bonchev–Trinajstić information content (AvgIpc) is 3.04. The lowest BCUT2D eigenvalue weighted by Crippen LogP contribution is -2.44. The molecule has 1 saturated heterocycles. The maximum absolute atomic E-state index is 13.8. The van der Waals surface area contributed by atoms with Gasteiger partial charge in [-0.05, 0) is 43.6 Å². The van der Waals surface area contributed by atoms with Crippen LogP contribution in [0.3, 0.4) is 0 Å². The number of rotatable bonds is 5. The van der Waals surface area contributed by atoms with Crippen molar-refractivity contribution in [2.45, 2.75) is 24.7 Å². The molecule has 2 aromatic carbocycles. The molecule has 0 bridgehead atoms. The fourth-order valence-electron chi connectivity index (χ4n) is 4.16. The third-order valence-electron chi connectivity index (χ3n) is 5.90. The van der Waals surface area contributed by atoms with Crippen molar-refractivity contribution in [2.75, 3.05) is 26.2 Å². The molecule has 1 spiro atoms. The fraction of sp³-hybridized carbons (Fsp3) is 0.348. The first kappa shape index (κ1) is 18.7. The van der Waals surface area contributed by atoms with Gasteiger partial charge in [-0.15, -0.1) is 0 Å². The zero-order valence-corrected chi connectivity index (χ0v) is 15.7. The summed E-state index contributed by atoms with van der Waals surface area (Å²) in [6.45, 7) is 3.07. The molecule has 0 atom stereocenters. The molecule has 0 amide bonds. The van der Waals surface area contributed by atoms with Gasteiger partial charge in [-0.1, -0.05) is 42.5 Å². The van der Waals surface area contributed by atoms with Gasteiger partial charge in [0.05, 0.1) is 13.0 Å². The number of aliphatic carboxylic acids is 1. The van der Waals surface area contributed by atoms with E-state index in [-0.39, 0.29) is 17.7 Å². The van der Waals surface area contributed by atoms with E-state index in [2.05, 4.69) is 17.0 Å². The minimum absolute atomic E-state index is 0.0306. The Bertz CT molecular complexity index is 900. The number of hydrogen-bond acceptors (Lipinski definition) is 3. The first-order valence-corrected chi connectivity index (χ1v) is 9.70. The molecular formula is C23H24FNO3. The summed E-state index contributed by atoms with van der Waals surface area (Å²) in [5, 5.41) is 8.86. The molecule has 1 fully saturated rings. The van der Waals surface area contributed by atoms with Gasteiger partial charge in [-0.25, -0.2) is 4.39 Å². The lowest BCUT2D eigenvalue weighted by molar-refractivity contribution is -0.137. The monoisotopic (exact) mass is 381 g/mol. The summed E-state index contributed by atoms with van der Waals surface area (Å²) in [6, 6.07) is 12.9. The number of carbonyl (C=O) groups is 1. The van der Waals surface area contributed by atoms with Crippen LogP contribution in [0.4, 0.5) is 4.39 Å². The topological polar surface area (TPSA) is 49.8 Å². The average molecular weight is 381 g/mol. The molecule has 2 aliphatic heterocycles. The largest absolute Gasteiger partial charge is 0.492 e. The molecule has 0 aromatic heterocycles. The van der Waals surface area contributed by atoms with Gasteiger partial charge in [0.25, 0.3) is 0 Å². The molecule has 0 aliphatic carbocycles. The molecule has 0 unspecified atom stereocenters. The van der Waals surface area contributed by atoms with Gasteiger partial charge >= 0.3 is 5.97 Å². The van der Waals surface area contributed by atoms with Crippen LogP contribution in [0.5, 0.6) is 5.75 Å². The van der Waals surface area contributed by atoms with Gasteiger partial charge < -0.3 is 14.7 Å². The summed E-state index contributed by atoms with van der Waals surface area (Å²) in [7, 11) is 0. The van der Waals surface area contributed by atoms with E-state index >= 15 is 0 Å². The minimum atomic E-state index is -0.745. The Hall–Kier alpha value is -2.66. The molecule has 4 nitrogen and oxygen atoms in total. The van der Waals surface area contributed by atoms with Crippen LogP contribution in [0.2, 0.25) is 0 Å². The van der Waals surface area contributed by atoms with Crippen LogP contribution in [0, 0.1) is 5.82 Å². The third kappa shape index (κ3) is 3.80. The second-order valence-corrected chi connectivity index (χ2v) is 7.66. The quantitative estimate of drug-likeness (QED) is 0.789. The second-order valence-electron chi connectivity index (χ2n) is 7.66. The van der Waals surface area contributed by atoms with E-state index in [4.69, 9.17) is 9.84 Å². The number of benzene rings is 2. The number of piperidine rings is 1. The normalized spacial score (nSPS) is 18.3. The van der Waals surface area contributed by atoms with Crippen molar-refractivity contribution < 1.29 is 19.0 Å². The van der Waals surface area contributed by atoms with Crippen molar-refractivity contribution in [3.63, 3.8) is 0 Å². The summed E-state index contributed by atoms with van der Waals surface area (Å²) >= 11 is 0. The minimum Gasteiger partial charge on any atom is -0.492 e. The van der Waals surface area contributed by atoms with E-state index in [0.717, 1.165) is 37.2 Å². The van der Waals surface area contributed by atoms with Crippen molar-refractivity contribution in [2.24, 2.45) is 0 Å². The Kier molecular flexibility index (Phi) is 5.18. The van der Waals surface area contributed by atoms with Gasteiger partial charge in [-0.2, -0.15) is 0 Å². The van der Waals surface area contributed by atoms with E-state index in [1.54, 1.807) is 18.2 Å². The van der Waals surface area contributed by atoms with E-state index in [1.165, 1.54) is 11.6 Å². The summed E-state index contributed by atoms with van der Waals surface area (Å²) in [4.78, 5) is 13.0. The van der Waals surface area contributed by atoms with Crippen molar-refractivity contribution in [3.8, 4) is 5.75 Å². The van der Waals surface area contributed by atoms with Gasteiger partial charge in [-0.3, -0.25) is 4.79 Å². The van der Waals surface area contributed by atoms with E-state index in [0.29, 0.717) is 18.7 Å². The molecule has 0 saturated carbocycles. The molecule has 4 rings (SSSR count). The number of carboxylic acids is 1. The molecule has 0 radical (unpaired) electrons. The zero-order chi connectivity index (χ0) is 19.6. The Labute approximate surface area is 164 Å². The predicted molar refractivity (Wildman–Crippen MR) is 107 cm³/mol. The molecule has 2 aromatic rings. The Morgan fingerprint density at radius 3 is 2.71 bits per heavy atom. The van der Waals surface area contributed by atoms with Crippen LogP contribution in [-0.2, 0) is 10.2 Å². The standard InChI is InChI=1S/C23H24FNO3/c24-20-4-2-1-3-18(20)7-5-17-6-8-19-21(15-17)28-16-23(19)10-13-25(14-11-23)12-9-22(26)27/h1-8,15H,9-14,16H2,(H,26,27). The van der Waals surface area contributed by atoms with E-state index < -0.39 is 5.97 Å². The summed E-state index contributed by atoms with van der Waals surface area (Å²) in [6.07, 6.45) is 5.83. The molecule has 146 valence electrons. The van der Waals surface area contributed by atoms with Crippen LogP contribution in [0.25, 0.3) is 12.2 Å². The van der Waals surface area contributed by atoms with Crippen LogP contribution in [0.1, 0.15) is 36.0 Å². The van der Waals surface area contributed by atoms with E-state index in [9.17, 15) is 9.18 Å². The predicted octanol–water partition coefficient (Wildman–Crippen LogP) is 4.20. The fourth-order valence-corrected chi connectivity index (χ4v) is 4.16. The SMILES string of the molecule is O=C(O)CCN1CCC2(CC1)COc1cc(C=Cc3ccccc3F)ccc12. The van der Waals surface area contributed by atoms with Gasteiger partial charge in [0.15, 0.2) is 0 Å². The van der Waals surface area contributed by atoms with Gasteiger partial charge in [0.1, 0.15) is 11.6 Å². The summed E-state index contributed by atoms with van der Waals surface area (Å²) < 4.78 is 19.8. The number of hydrogen-bond donors (Lipinski definition) is 1. The number of ether oxygens (including phenoxy) is 1. The molecule has 5 heteroatoms. The van der Waals surface area contributed by atoms with E-state index in [1.807, 2.05) is 18.2 Å². The highest BCUT2D eigenvalue weighted by Crippen LogP contribution is 2.45. The van der Waals surface area contributed by atoms with Crippen molar-refractivity contribution in [3.05, 3.63) is 65.0 Å². The van der Waals surface area contributed by atoms with Crippen molar-refractivity contribution in [1.29, 1.82) is 0 Å². The van der Waals surface area contributed by atoms with Gasteiger partial charge in [0, 0.05) is 23.1 Å². The highest BCUT2D eigenvalue weighted by molar-refractivity contribution is 5.71. The molecule has 1 N–H and O–H groups in total. The van der Waals surface area contributed by atoms with Crippen molar-refractivity contribution in [1.82, 2.24) is 4.90 Å². The van der Waals surface area contributed by atoms with Crippen molar-refractivity contribution >= 4 is 18.1 Å². The highest BCUT2D eigenvalue weighted by Gasteiger charge is 2.42. The van der Waals surface area contributed by atoms with Gasteiger partial charge in [0.2, 0.25) is 0 Å². The number of likely N-dealkylation sites (tertiary alicyclic amines) is 1. The zero-order valence-electron chi connectivity index (χ0n) is 15.7. The summed E-state index contributed by atoms with van der Waals surface area (Å²) in [5.41, 5.74) is 2.82. The maximum atomic E-state index is 13.8. The second kappa shape index (κ2) is 7.76. The molecule has 2 aliphatic rings. The lowest BCUT2D eigenvalue weighted by Gasteiger charge is -2.38. The third-order valence-corrected chi connectivity index (χ3v) is 5.90.